The highest BCUT2D eigenvalue weighted by Crippen LogP contribution is 2.40. The van der Waals surface area contributed by atoms with Crippen molar-refractivity contribution >= 4 is 31.2 Å². The van der Waals surface area contributed by atoms with Crippen LogP contribution in [0.4, 0.5) is 0 Å². The van der Waals surface area contributed by atoms with E-state index in [0.717, 1.165) is 15.4 Å². The summed E-state index contributed by atoms with van der Waals surface area (Å²) in [5.41, 5.74) is 1.50. The van der Waals surface area contributed by atoms with Crippen LogP contribution in [0.25, 0.3) is 10.6 Å². The summed E-state index contributed by atoms with van der Waals surface area (Å²) in [6, 6.07) is 7.26. The fourth-order valence-corrected chi connectivity index (χ4v) is 4.03. The van der Waals surface area contributed by atoms with E-state index in [-0.39, 0.29) is 23.0 Å². The molecule has 0 amide bonds. The van der Waals surface area contributed by atoms with Gasteiger partial charge in [0.25, 0.3) is 8.32 Å². The van der Waals surface area contributed by atoms with Crippen molar-refractivity contribution in [3.05, 3.63) is 34.7 Å². The number of ketones is 2. The smallest absolute Gasteiger partial charge is 0.252 e. The van der Waals surface area contributed by atoms with Crippen molar-refractivity contribution in [2.45, 2.75) is 59.2 Å². The quantitative estimate of drug-likeness (QED) is 0.363. The second-order valence-corrected chi connectivity index (χ2v) is 14.0. The zero-order valence-corrected chi connectivity index (χ0v) is 18.4. The normalized spacial score (nSPS) is 12.1. The number of carbonyl (C=O) groups excluding carboxylic acids is 2. The summed E-state index contributed by atoms with van der Waals surface area (Å²) in [5, 5.41) is 0.990. The Kier molecular flexibility index (Phi) is 5.88. The van der Waals surface area contributed by atoms with Crippen molar-refractivity contribution in [1.29, 1.82) is 0 Å². The first-order chi connectivity index (χ1) is 11.9. The molecule has 140 valence electrons. The van der Waals surface area contributed by atoms with E-state index >= 15 is 0 Å². The van der Waals surface area contributed by atoms with Gasteiger partial charge in [0.1, 0.15) is 10.8 Å². The summed E-state index contributed by atoms with van der Waals surface area (Å²) < 4.78 is 6.35. The molecule has 1 aromatic heterocycles. The van der Waals surface area contributed by atoms with Gasteiger partial charge in [0.2, 0.25) is 5.88 Å². The number of aromatic nitrogens is 1. The van der Waals surface area contributed by atoms with Gasteiger partial charge in [-0.15, -0.1) is 11.3 Å². The minimum absolute atomic E-state index is 0.0553. The number of benzene rings is 1. The van der Waals surface area contributed by atoms with Crippen LogP contribution in [0.1, 0.15) is 49.4 Å². The van der Waals surface area contributed by atoms with E-state index < -0.39 is 8.32 Å². The summed E-state index contributed by atoms with van der Waals surface area (Å²) in [6.07, 6.45) is -0.0553. The molecule has 0 atom stereocenters. The van der Waals surface area contributed by atoms with Gasteiger partial charge in [-0.3, -0.25) is 9.59 Å². The predicted octanol–water partition coefficient (Wildman–Crippen LogP) is 5.66. The molecule has 0 N–H and O–H groups in total. The zero-order valence-electron chi connectivity index (χ0n) is 16.6. The van der Waals surface area contributed by atoms with Crippen LogP contribution in [-0.4, -0.2) is 24.9 Å². The molecule has 1 heterocycles. The van der Waals surface area contributed by atoms with Crippen molar-refractivity contribution < 1.29 is 14.0 Å². The van der Waals surface area contributed by atoms with Gasteiger partial charge in [-0.1, -0.05) is 45.0 Å². The maximum Gasteiger partial charge on any atom is 0.252 e. The Morgan fingerprint density at radius 2 is 1.73 bits per heavy atom. The number of Topliss-reactive ketones (excluding diaryl/α,β-unsaturated/α-hetero) is 2. The van der Waals surface area contributed by atoms with E-state index in [1.807, 2.05) is 19.1 Å². The molecular weight excluding hydrogens is 362 g/mol. The number of rotatable bonds is 6. The van der Waals surface area contributed by atoms with Gasteiger partial charge in [-0.25, -0.2) is 4.98 Å². The molecule has 0 aliphatic carbocycles. The van der Waals surface area contributed by atoms with Gasteiger partial charge >= 0.3 is 0 Å². The Morgan fingerprint density at radius 3 is 2.23 bits per heavy atom. The van der Waals surface area contributed by atoms with Gasteiger partial charge in [-0.05, 0) is 32.0 Å². The van der Waals surface area contributed by atoms with Gasteiger partial charge < -0.3 is 4.43 Å². The highest BCUT2D eigenvalue weighted by Gasteiger charge is 2.40. The number of carbonyl (C=O) groups is 2. The first-order valence-electron chi connectivity index (χ1n) is 8.70. The molecule has 0 spiro atoms. The van der Waals surface area contributed by atoms with E-state index in [1.165, 1.54) is 6.92 Å². The number of hydrogen-bond acceptors (Lipinski definition) is 5. The highest BCUT2D eigenvalue weighted by molar-refractivity contribution is 7.15. The second kappa shape index (κ2) is 7.45. The first-order valence-corrected chi connectivity index (χ1v) is 12.4. The molecule has 0 bridgehead atoms. The van der Waals surface area contributed by atoms with Crippen LogP contribution in [0.15, 0.2) is 24.3 Å². The van der Waals surface area contributed by atoms with E-state index in [0.29, 0.717) is 11.4 Å². The van der Waals surface area contributed by atoms with Crippen molar-refractivity contribution in [2.75, 3.05) is 0 Å². The van der Waals surface area contributed by atoms with Crippen LogP contribution in [0.2, 0.25) is 18.1 Å². The van der Waals surface area contributed by atoms with Crippen LogP contribution < -0.4 is 4.43 Å². The summed E-state index contributed by atoms with van der Waals surface area (Å²) in [6.45, 7) is 14.5. The Balaban J connectivity index is 2.23. The average molecular weight is 390 g/mol. The monoisotopic (exact) mass is 389 g/mol. The van der Waals surface area contributed by atoms with Crippen molar-refractivity contribution in [1.82, 2.24) is 4.98 Å². The fraction of sp³-hybridized carbons (Fsp3) is 0.450. The lowest BCUT2D eigenvalue weighted by Crippen LogP contribution is -2.44. The SMILES string of the molecule is CC(=O)CC(=O)c1ccc(-c2nc(O[Si](C)(C)C(C)(C)C)c(C)s2)cc1. The van der Waals surface area contributed by atoms with Gasteiger partial charge in [0.05, 0.1) is 11.3 Å². The summed E-state index contributed by atoms with van der Waals surface area (Å²) >= 11 is 1.59. The van der Waals surface area contributed by atoms with E-state index in [9.17, 15) is 9.59 Å². The van der Waals surface area contributed by atoms with E-state index in [4.69, 9.17) is 9.41 Å². The maximum absolute atomic E-state index is 12.0. The molecule has 0 aliphatic heterocycles. The van der Waals surface area contributed by atoms with Crippen LogP contribution in [-0.2, 0) is 4.79 Å². The molecule has 0 aliphatic rings. The minimum atomic E-state index is -1.94. The summed E-state index contributed by atoms with van der Waals surface area (Å²) in [4.78, 5) is 28.8. The molecular formula is C20H27NO3SSi. The number of aryl methyl sites for hydroxylation is 1. The average Bonchev–Trinajstić information content (AvgIpc) is 2.86. The molecule has 0 radical (unpaired) electrons. The molecule has 2 rings (SSSR count). The third-order valence-electron chi connectivity index (χ3n) is 4.78. The van der Waals surface area contributed by atoms with Crippen molar-refractivity contribution in [3.63, 3.8) is 0 Å². The van der Waals surface area contributed by atoms with Crippen LogP contribution in [0, 0.1) is 6.92 Å². The molecule has 2 aromatic rings. The molecule has 0 fully saturated rings. The van der Waals surface area contributed by atoms with Crippen molar-refractivity contribution in [3.8, 4) is 16.5 Å². The van der Waals surface area contributed by atoms with E-state index in [2.05, 4.69) is 33.9 Å². The molecule has 0 unspecified atom stereocenters. The van der Waals surface area contributed by atoms with Gasteiger partial charge in [-0.2, -0.15) is 0 Å². The third-order valence-corrected chi connectivity index (χ3v) is 10.1. The molecule has 4 nitrogen and oxygen atoms in total. The summed E-state index contributed by atoms with van der Waals surface area (Å²) in [7, 11) is -1.94. The Morgan fingerprint density at radius 1 is 1.15 bits per heavy atom. The van der Waals surface area contributed by atoms with Gasteiger partial charge in [0, 0.05) is 11.1 Å². The molecule has 1 aromatic carbocycles. The molecule has 6 heteroatoms. The predicted molar refractivity (Wildman–Crippen MR) is 110 cm³/mol. The Bertz CT molecular complexity index is 817. The lowest BCUT2D eigenvalue weighted by Gasteiger charge is -2.35. The Hall–Kier alpha value is -1.79. The summed E-state index contributed by atoms with van der Waals surface area (Å²) in [5.74, 6) is 0.441. The fourth-order valence-electron chi connectivity index (χ4n) is 2.12. The maximum atomic E-state index is 12.0. The molecule has 0 saturated carbocycles. The lowest BCUT2D eigenvalue weighted by atomic mass is 10.0. The van der Waals surface area contributed by atoms with E-state index in [1.54, 1.807) is 23.5 Å². The third kappa shape index (κ3) is 4.68. The van der Waals surface area contributed by atoms with Crippen LogP contribution in [0.3, 0.4) is 0 Å². The largest absolute Gasteiger partial charge is 0.530 e. The first kappa shape index (κ1) is 20.5. The zero-order chi connectivity index (χ0) is 19.7. The lowest BCUT2D eigenvalue weighted by molar-refractivity contribution is -0.116. The van der Waals surface area contributed by atoms with Crippen LogP contribution >= 0.6 is 11.3 Å². The topological polar surface area (TPSA) is 56.3 Å². The molecule has 0 saturated heterocycles. The standard InChI is InChI=1S/C20H27NO3SSi/c1-13(22)12-17(23)15-8-10-16(11-9-15)19-21-18(14(2)25-19)24-26(6,7)20(3,4)5/h8-11H,12H2,1-7H3. The number of nitrogens with zero attached hydrogens (tertiary/aromatic N) is 1. The van der Waals surface area contributed by atoms with Crippen LogP contribution in [0.5, 0.6) is 5.88 Å². The van der Waals surface area contributed by atoms with Gasteiger partial charge in [0.15, 0.2) is 5.78 Å². The number of hydrogen-bond donors (Lipinski definition) is 0. The minimum Gasteiger partial charge on any atom is -0.530 e. The second-order valence-electron chi connectivity index (χ2n) is 8.12. The Labute approximate surface area is 160 Å². The molecule has 26 heavy (non-hydrogen) atoms. The number of thiazole rings is 1. The van der Waals surface area contributed by atoms with Crippen molar-refractivity contribution in [2.24, 2.45) is 0 Å². The highest BCUT2D eigenvalue weighted by atomic mass is 32.1.